The van der Waals surface area contributed by atoms with Crippen molar-refractivity contribution in [1.82, 2.24) is 0 Å². The minimum Gasteiger partial charge on any atom is -0.491 e. The van der Waals surface area contributed by atoms with E-state index in [1.54, 1.807) is 30.3 Å². The van der Waals surface area contributed by atoms with Crippen molar-refractivity contribution in [3.05, 3.63) is 149 Å². The quantitative estimate of drug-likeness (QED) is 0.183. The van der Waals surface area contributed by atoms with Gasteiger partial charge in [0, 0.05) is 13.5 Å². The Kier molecular flexibility index (Phi) is 11.5. The molecular weight excluding hydrogens is 592 g/mol. The minimum atomic E-state index is -3.94. The van der Waals surface area contributed by atoms with Crippen LogP contribution < -0.4 is 0 Å². The number of rotatable bonds is 14. The number of methoxy groups -OCH3 is 1. The molecule has 45 heavy (non-hydrogen) atoms. The number of aliphatic hydroxyl groups is 1. The Balaban J connectivity index is 1.50. The SMILES string of the molecule is COC1OC(CO)C(O/C=C(\Cc2ccccc2)S(=O)(=O)c2ccccc2)C(OCc2ccccc2)C1OCc1ccccc1. The van der Waals surface area contributed by atoms with Crippen LogP contribution in [0.25, 0.3) is 0 Å². The number of sulfone groups is 1. The molecule has 0 bridgehead atoms. The lowest BCUT2D eigenvalue weighted by Gasteiger charge is -2.44. The summed E-state index contributed by atoms with van der Waals surface area (Å²) in [5.41, 5.74) is 2.66. The normalized spacial score (nSPS) is 22.2. The van der Waals surface area contributed by atoms with Gasteiger partial charge >= 0.3 is 0 Å². The topological polar surface area (TPSA) is 101 Å². The molecule has 236 valence electrons. The Morgan fingerprint density at radius 2 is 1.20 bits per heavy atom. The average Bonchev–Trinajstić information content (AvgIpc) is 3.09. The number of hydrogen-bond acceptors (Lipinski definition) is 8. The summed E-state index contributed by atoms with van der Waals surface area (Å²) in [6.07, 6.45) is -2.95. The zero-order valence-corrected chi connectivity index (χ0v) is 25.9. The third-order valence-electron chi connectivity index (χ3n) is 7.55. The molecule has 9 heteroatoms. The Morgan fingerprint density at radius 3 is 1.71 bits per heavy atom. The molecule has 0 aromatic heterocycles. The maximum Gasteiger partial charge on any atom is 0.206 e. The van der Waals surface area contributed by atoms with Gasteiger partial charge in [0.15, 0.2) is 12.4 Å². The summed E-state index contributed by atoms with van der Waals surface area (Å²) >= 11 is 0. The van der Waals surface area contributed by atoms with E-state index < -0.39 is 47.2 Å². The molecule has 5 unspecified atom stereocenters. The molecule has 0 aliphatic carbocycles. The largest absolute Gasteiger partial charge is 0.491 e. The highest BCUT2D eigenvalue weighted by molar-refractivity contribution is 7.95. The van der Waals surface area contributed by atoms with Crippen molar-refractivity contribution < 1.29 is 37.2 Å². The van der Waals surface area contributed by atoms with Gasteiger partial charge in [0.25, 0.3) is 0 Å². The van der Waals surface area contributed by atoms with Crippen LogP contribution in [-0.4, -0.2) is 57.9 Å². The molecule has 0 spiro atoms. The first kappa shape index (κ1) is 32.6. The standard InChI is InChI=1S/C36H38O8S/c1-40-36-35(42-25-29-18-10-4-11-19-29)34(41-24-28-16-8-3-9-17-28)33(32(23-37)44-36)43-26-31(22-27-14-6-2-7-15-27)45(38,39)30-20-12-5-13-21-30/h2-21,26,32-37H,22-25H2,1H3/b31-26+. The van der Waals surface area contributed by atoms with Crippen molar-refractivity contribution in [1.29, 1.82) is 0 Å². The summed E-state index contributed by atoms with van der Waals surface area (Å²) < 4.78 is 58.7. The van der Waals surface area contributed by atoms with Gasteiger partial charge in [-0.3, -0.25) is 0 Å². The van der Waals surface area contributed by atoms with Crippen molar-refractivity contribution in [3.63, 3.8) is 0 Å². The average molecular weight is 631 g/mol. The Bertz CT molecular complexity index is 1580. The van der Waals surface area contributed by atoms with E-state index in [1.165, 1.54) is 13.4 Å². The summed E-state index contributed by atoms with van der Waals surface area (Å²) in [4.78, 5) is 0.198. The molecule has 0 radical (unpaired) electrons. The number of aliphatic hydroxyl groups excluding tert-OH is 1. The van der Waals surface area contributed by atoms with Gasteiger partial charge in [-0.05, 0) is 28.8 Å². The zero-order valence-electron chi connectivity index (χ0n) is 25.1. The van der Waals surface area contributed by atoms with E-state index in [0.29, 0.717) is 0 Å². The summed E-state index contributed by atoms with van der Waals surface area (Å²) in [7, 11) is -2.44. The second kappa shape index (κ2) is 15.9. The first-order valence-electron chi connectivity index (χ1n) is 14.8. The van der Waals surface area contributed by atoms with Crippen molar-refractivity contribution >= 4 is 9.84 Å². The second-order valence-electron chi connectivity index (χ2n) is 10.6. The molecule has 1 fully saturated rings. The monoisotopic (exact) mass is 630 g/mol. The van der Waals surface area contributed by atoms with E-state index in [0.717, 1.165) is 16.7 Å². The van der Waals surface area contributed by atoms with Crippen LogP contribution in [0.15, 0.2) is 137 Å². The van der Waals surface area contributed by atoms with Crippen molar-refractivity contribution in [2.45, 2.75) is 55.2 Å². The molecule has 1 heterocycles. The number of ether oxygens (including phenoxy) is 5. The van der Waals surface area contributed by atoms with E-state index in [4.69, 9.17) is 23.7 Å². The Labute approximate surface area is 264 Å². The summed E-state index contributed by atoms with van der Waals surface area (Å²) in [5, 5.41) is 10.4. The lowest BCUT2D eigenvalue weighted by atomic mass is 9.98. The Hall–Kier alpha value is -3.83. The van der Waals surface area contributed by atoms with Crippen molar-refractivity contribution in [3.8, 4) is 0 Å². The van der Waals surface area contributed by atoms with Crippen LogP contribution in [0, 0.1) is 0 Å². The van der Waals surface area contributed by atoms with E-state index in [-0.39, 0.29) is 29.4 Å². The van der Waals surface area contributed by atoms with Crippen molar-refractivity contribution in [2.75, 3.05) is 13.7 Å². The van der Waals surface area contributed by atoms with E-state index in [1.807, 2.05) is 91.0 Å². The van der Waals surface area contributed by atoms with Gasteiger partial charge < -0.3 is 28.8 Å². The maximum atomic E-state index is 13.9. The van der Waals surface area contributed by atoms with Gasteiger partial charge in [0.1, 0.15) is 18.3 Å². The molecule has 0 saturated carbocycles. The molecule has 1 aliphatic heterocycles. The third-order valence-corrected chi connectivity index (χ3v) is 9.37. The highest BCUT2D eigenvalue weighted by Crippen LogP contribution is 2.31. The highest BCUT2D eigenvalue weighted by Gasteiger charge is 2.49. The van der Waals surface area contributed by atoms with Gasteiger partial charge in [-0.25, -0.2) is 8.42 Å². The van der Waals surface area contributed by atoms with E-state index >= 15 is 0 Å². The number of benzene rings is 4. The first-order valence-corrected chi connectivity index (χ1v) is 16.3. The predicted molar refractivity (Wildman–Crippen MR) is 170 cm³/mol. The zero-order chi connectivity index (χ0) is 31.5. The van der Waals surface area contributed by atoms with Crippen LogP contribution in [0.3, 0.4) is 0 Å². The summed E-state index contributed by atoms with van der Waals surface area (Å²) in [5.74, 6) is 0. The molecule has 5 atom stereocenters. The fourth-order valence-corrected chi connectivity index (χ4v) is 6.54. The molecule has 0 amide bonds. The third kappa shape index (κ3) is 8.46. The molecule has 1 saturated heterocycles. The van der Waals surface area contributed by atoms with Crippen LogP contribution in [-0.2, 0) is 53.2 Å². The lowest BCUT2D eigenvalue weighted by molar-refractivity contribution is -0.314. The van der Waals surface area contributed by atoms with E-state index in [2.05, 4.69) is 0 Å². The Morgan fingerprint density at radius 1 is 0.711 bits per heavy atom. The van der Waals surface area contributed by atoms with Crippen molar-refractivity contribution in [2.24, 2.45) is 0 Å². The van der Waals surface area contributed by atoms with Gasteiger partial charge in [-0.1, -0.05) is 109 Å². The first-order chi connectivity index (χ1) is 22.0. The van der Waals surface area contributed by atoms with Crippen LogP contribution in [0.1, 0.15) is 16.7 Å². The molecule has 4 aromatic carbocycles. The van der Waals surface area contributed by atoms with Gasteiger partial charge in [-0.15, -0.1) is 0 Å². The minimum absolute atomic E-state index is 0.0500. The van der Waals surface area contributed by atoms with Crippen LogP contribution >= 0.6 is 0 Å². The second-order valence-corrected chi connectivity index (χ2v) is 12.7. The van der Waals surface area contributed by atoms with Gasteiger partial charge in [-0.2, -0.15) is 0 Å². The fraction of sp³-hybridized carbons (Fsp3) is 0.278. The molecule has 1 N–H and O–H groups in total. The van der Waals surface area contributed by atoms with Gasteiger partial charge in [0.05, 0.1) is 35.9 Å². The smallest absolute Gasteiger partial charge is 0.206 e. The number of allylic oxidation sites excluding steroid dienone is 1. The molecule has 5 rings (SSSR count). The lowest BCUT2D eigenvalue weighted by Crippen LogP contribution is -2.61. The highest BCUT2D eigenvalue weighted by atomic mass is 32.2. The van der Waals surface area contributed by atoms with Crippen LogP contribution in [0.5, 0.6) is 0 Å². The van der Waals surface area contributed by atoms with Crippen LogP contribution in [0.2, 0.25) is 0 Å². The molecule has 8 nitrogen and oxygen atoms in total. The van der Waals surface area contributed by atoms with Crippen LogP contribution in [0.4, 0.5) is 0 Å². The molecular formula is C36H38O8S. The van der Waals surface area contributed by atoms with E-state index in [9.17, 15) is 13.5 Å². The van der Waals surface area contributed by atoms with Gasteiger partial charge in [0.2, 0.25) is 9.84 Å². The maximum absolute atomic E-state index is 13.9. The predicted octanol–water partition coefficient (Wildman–Crippen LogP) is 5.46. The number of hydrogen-bond donors (Lipinski definition) is 1. The fourth-order valence-electron chi connectivity index (χ4n) is 5.18. The molecule has 4 aromatic rings. The molecule has 1 aliphatic rings. The summed E-state index contributed by atoms with van der Waals surface area (Å²) in [6, 6.07) is 36.8. The summed E-state index contributed by atoms with van der Waals surface area (Å²) in [6.45, 7) is 0.0381.